The van der Waals surface area contributed by atoms with Crippen molar-refractivity contribution >= 4 is 35.1 Å². The minimum atomic E-state index is -0.497. The highest BCUT2D eigenvalue weighted by molar-refractivity contribution is 6.30. The van der Waals surface area contributed by atoms with Gasteiger partial charge in [-0.1, -0.05) is 23.7 Å². The van der Waals surface area contributed by atoms with Crippen molar-refractivity contribution in [3.05, 3.63) is 85.9 Å². The third-order valence-corrected chi connectivity index (χ3v) is 3.86. The lowest BCUT2D eigenvalue weighted by atomic mass is 10.1. The van der Waals surface area contributed by atoms with Crippen LogP contribution in [0.5, 0.6) is 0 Å². The van der Waals surface area contributed by atoms with Crippen LogP contribution in [0.25, 0.3) is 11.8 Å². The molecule has 2 aromatic rings. The number of cyclic esters (lactones) is 1. The smallest absolute Gasteiger partial charge is 0.343 e. The van der Waals surface area contributed by atoms with Gasteiger partial charge in [-0.25, -0.2) is 4.79 Å². The zero-order valence-electron chi connectivity index (χ0n) is 12.7. The first kappa shape index (κ1) is 16.0. The molecular weight excluding hydrogens is 330 g/mol. The van der Waals surface area contributed by atoms with E-state index in [-0.39, 0.29) is 5.69 Å². The Bertz CT molecular complexity index is 898. The molecule has 2 aromatic carbocycles. The highest BCUT2D eigenvalue weighted by atomic mass is 35.5. The van der Waals surface area contributed by atoms with E-state index in [1.54, 1.807) is 55.5 Å². The largest absolute Gasteiger partial charge is 0.422 e. The van der Waals surface area contributed by atoms with Crippen LogP contribution >= 0.6 is 11.6 Å². The van der Waals surface area contributed by atoms with Crippen LogP contribution in [-0.4, -0.2) is 10.9 Å². The molecule has 6 heteroatoms. The highest BCUT2D eigenvalue weighted by Crippen LogP contribution is 2.29. The Morgan fingerprint density at radius 2 is 1.88 bits per heavy atom. The van der Waals surface area contributed by atoms with Crippen LogP contribution < -0.4 is 0 Å². The summed E-state index contributed by atoms with van der Waals surface area (Å²) >= 11 is 5.84. The fraction of sp³-hybridized carbons (Fsp3) is 0.0556. The second kappa shape index (κ2) is 6.29. The van der Waals surface area contributed by atoms with Gasteiger partial charge < -0.3 is 4.74 Å². The van der Waals surface area contributed by atoms with Gasteiger partial charge in [0.2, 0.25) is 0 Å². The summed E-state index contributed by atoms with van der Waals surface area (Å²) < 4.78 is 5.25. The van der Waals surface area contributed by atoms with Crippen molar-refractivity contribution in [1.29, 1.82) is 0 Å². The molecule has 0 unspecified atom stereocenters. The molecule has 1 aliphatic heterocycles. The Labute approximate surface area is 143 Å². The lowest BCUT2D eigenvalue weighted by Crippen LogP contribution is -1.97. The predicted octanol–water partition coefficient (Wildman–Crippen LogP) is 4.54. The molecular formula is C18H12ClNO4. The minimum absolute atomic E-state index is 0.0117. The number of ether oxygens (including phenoxy) is 1. The lowest BCUT2D eigenvalue weighted by molar-refractivity contribution is -0.385. The molecule has 24 heavy (non-hydrogen) atoms. The number of rotatable bonds is 3. The molecule has 0 aromatic heterocycles. The van der Waals surface area contributed by atoms with E-state index in [2.05, 4.69) is 0 Å². The van der Waals surface area contributed by atoms with Gasteiger partial charge in [-0.3, -0.25) is 10.1 Å². The average molecular weight is 342 g/mol. The van der Waals surface area contributed by atoms with Crippen LogP contribution in [-0.2, 0) is 9.53 Å². The summed E-state index contributed by atoms with van der Waals surface area (Å²) in [6.45, 7) is 1.66. The number of nitro groups is 1. The maximum Gasteiger partial charge on any atom is 0.343 e. The normalized spacial score (nSPS) is 15.3. The predicted molar refractivity (Wildman–Crippen MR) is 91.3 cm³/mol. The molecule has 1 aliphatic rings. The molecule has 1 heterocycles. The first-order chi connectivity index (χ1) is 11.4. The van der Waals surface area contributed by atoms with E-state index in [0.29, 0.717) is 27.5 Å². The number of nitro benzene ring substituents is 1. The van der Waals surface area contributed by atoms with E-state index in [9.17, 15) is 14.9 Å². The Morgan fingerprint density at radius 1 is 1.17 bits per heavy atom. The van der Waals surface area contributed by atoms with Crippen molar-refractivity contribution in [2.75, 3.05) is 0 Å². The molecule has 0 saturated carbocycles. The Balaban J connectivity index is 1.95. The van der Waals surface area contributed by atoms with E-state index >= 15 is 0 Å². The van der Waals surface area contributed by atoms with E-state index in [4.69, 9.17) is 16.3 Å². The third kappa shape index (κ3) is 3.21. The number of benzene rings is 2. The molecule has 5 nitrogen and oxygen atoms in total. The third-order valence-electron chi connectivity index (χ3n) is 3.61. The van der Waals surface area contributed by atoms with Gasteiger partial charge in [-0.15, -0.1) is 0 Å². The van der Waals surface area contributed by atoms with Crippen LogP contribution in [0, 0.1) is 17.0 Å². The number of aryl methyl sites for hydroxylation is 1. The molecule has 0 fully saturated rings. The number of esters is 1. The first-order valence-electron chi connectivity index (χ1n) is 7.10. The summed E-state index contributed by atoms with van der Waals surface area (Å²) in [7, 11) is 0. The summed E-state index contributed by atoms with van der Waals surface area (Å²) in [5, 5.41) is 11.6. The van der Waals surface area contributed by atoms with Gasteiger partial charge in [0.1, 0.15) is 5.76 Å². The van der Waals surface area contributed by atoms with Crippen molar-refractivity contribution in [3.63, 3.8) is 0 Å². The number of hydrogen-bond acceptors (Lipinski definition) is 4. The van der Waals surface area contributed by atoms with Crippen LogP contribution in [0.15, 0.2) is 54.1 Å². The molecule has 0 aliphatic carbocycles. The Morgan fingerprint density at radius 3 is 2.54 bits per heavy atom. The molecule has 0 amide bonds. The molecule has 3 rings (SSSR count). The van der Waals surface area contributed by atoms with Crippen LogP contribution in [0.3, 0.4) is 0 Å². The maximum atomic E-state index is 12.0. The standard InChI is InChI=1S/C18H12ClNO4/c1-11-2-3-12(9-16(11)20(22)23)8-14-10-17(24-18(14)21)13-4-6-15(19)7-5-13/h2-10H,1H3/b14-8-. The number of carbonyl (C=O) groups excluding carboxylic acids is 1. The molecule has 0 atom stereocenters. The summed E-state index contributed by atoms with van der Waals surface area (Å²) in [4.78, 5) is 22.6. The second-order valence-electron chi connectivity index (χ2n) is 5.31. The van der Waals surface area contributed by atoms with Gasteiger partial charge >= 0.3 is 5.97 Å². The maximum absolute atomic E-state index is 12.0. The summed E-state index contributed by atoms with van der Waals surface area (Å²) in [5.74, 6) is -0.0762. The minimum Gasteiger partial charge on any atom is -0.422 e. The molecule has 120 valence electrons. The van der Waals surface area contributed by atoms with Crippen molar-refractivity contribution < 1.29 is 14.5 Å². The second-order valence-corrected chi connectivity index (χ2v) is 5.74. The quantitative estimate of drug-likeness (QED) is 0.356. The lowest BCUT2D eigenvalue weighted by Gasteiger charge is -2.01. The number of halogens is 1. The zero-order valence-corrected chi connectivity index (χ0v) is 13.4. The number of nitrogens with zero attached hydrogens (tertiary/aromatic N) is 1. The van der Waals surface area contributed by atoms with Crippen LogP contribution in [0.2, 0.25) is 5.02 Å². The summed E-state index contributed by atoms with van der Waals surface area (Å²) in [6, 6.07) is 11.7. The van der Waals surface area contributed by atoms with E-state index in [0.717, 1.165) is 5.56 Å². The van der Waals surface area contributed by atoms with Gasteiger partial charge in [0.25, 0.3) is 5.69 Å². The van der Waals surface area contributed by atoms with Gasteiger partial charge in [-0.05, 0) is 48.9 Å². The van der Waals surface area contributed by atoms with Crippen LogP contribution in [0.4, 0.5) is 5.69 Å². The molecule has 0 spiro atoms. The van der Waals surface area contributed by atoms with Gasteiger partial charge in [-0.2, -0.15) is 0 Å². The zero-order chi connectivity index (χ0) is 17.3. The average Bonchev–Trinajstić information content (AvgIpc) is 2.90. The molecule has 0 saturated heterocycles. The molecule has 0 bridgehead atoms. The van der Waals surface area contributed by atoms with E-state index in [1.165, 1.54) is 6.07 Å². The van der Waals surface area contributed by atoms with Crippen molar-refractivity contribution in [3.8, 4) is 0 Å². The Hall–Kier alpha value is -2.92. The highest BCUT2D eigenvalue weighted by Gasteiger charge is 2.22. The van der Waals surface area contributed by atoms with Crippen LogP contribution in [0.1, 0.15) is 16.7 Å². The van der Waals surface area contributed by atoms with E-state index < -0.39 is 10.9 Å². The van der Waals surface area contributed by atoms with Gasteiger partial charge in [0, 0.05) is 22.2 Å². The SMILES string of the molecule is Cc1ccc(/C=C2/C=C(c3ccc(Cl)cc3)OC2=O)cc1[N+](=O)[O-]. The fourth-order valence-corrected chi connectivity index (χ4v) is 2.46. The number of hydrogen-bond donors (Lipinski definition) is 0. The van der Waals surface area contributed by atoms with Crippen molar-refractivity contribution in [2.24, 2.45) is 0 Å². The molecule has 0 N–H and O–H groups in total. The molecule has 0 radical (unpaired) electrons. The van der Waals surface area contributed by atoms with Crippen molar-refractivity contribution in [1.82, 2.24) is 0 Å². The topological polar surface area (TPSA) is 69.4 Å². The monoisotopic (exact) mass is 341 g/mol. The van der Waals surface area contributed by atoms with Crippen molar-refractivity contribution in [2.45, 2.75) is 6.92 Å². The summed E-state index contributed by atoms with van der Waals surface area (Å²) in [6.07, 6.45) is 3.18. The number of carbonyl (C=O) groups is 1. The fourth-order valence-electron chi connectivity index (χ4n) is 2.34. The first-order valence-corrected chi connectivity index (χ1v) is 7.48. The summed E-state index contributed by atoms with van der Waals surface area (Å²) in [5.41, 5.74) is 2.20. The van der Waals surface area contributed by atoms with Gasteiger partial charge in [0.15, 0.2) is 0 Å². The van der Waals surface area contributed by atoms with Gasteiger partial charge in [0.05, 0.1) is 10.5 Å². The Kier molecular flexibility index (Phi) is 4.18. The van der Waals surface area contributed by atoms with E-state index in [1.807, 2.05) is 0 Å².